The summed E-state index contributed by atoms with van der Waals surface area (Å²) in [4.78, 5) is 24.6. The third kappa shape index (κ3) is 63.4. The standard InChI is InChI=1S/C71H124O5/c1-3-5-7-9-11-13-15-17-19-21-23-25-27-29-30-31-32-33-34-35-36-37-38-39-40-42-44-46-48-50-52-54-56-58-60-62-64-66-71(74)76-69(67-72)68-75-70(73)65-63-61-59-57-55-53-51-49-47-45-43-41-28-26-24-22-20-18-16-14-12-10-8-6-4-2/h5,7,11,13,16-19,22-25,29-30,32-33,69,72H,3-4,6,8-10,12,14-15,20-21,26-28,31,34-68H2,1-2H3/b7-5-,13-11-,18-16-,19-17-,24-22-,25-23-,30-29-,33-32-. The van der Waals surface area contributed by atoms with Crippen LogP contribution < -0.4 is 0 Å². The lowest BCUT2D eigenvalue weighted by atomic mass is 10.0. The smallest absolute Gasteiger partial charge is 0.306 e. The van der Waals surface area contributed by atoms with Gasteiger partial charge in [0.15, 0.2) is 6.10 Å². The highest BCUT2D eigenvalue weighted by Gasteiger charge is 2.16. The van der Waals surface area contributed by atoms with E-state index in [4.69, 9.17) is 9.47 Å². The summed E-state index contributed by atoms with van der Waals surface area (Å²) in [7, 11) is 0. The van der Waals surface area contributed by atoms with E-state index < -0.39 is 6.10 Å². The molecule has 1 atom stereocenters. The van der Waals surface area contributed by atoms with Crippen molar-refractivity contribution in [3.05, 3.63) is 97.2 Å². The monoisotopic (exact) mass is 1060 g/mol. The van der Waals surface area contributed by atoms with E-state index in [2.05, 4.69) is 111 Å². The van der Waals surface area contributed by atoms with Crippen LogP contribution >= 0.6 is 0 Å². The molecule has 5 heteroatoms. The van der Waals surface area contributed by atoms with E-state index in [1.165, 1.54) is 212 Å². The zero-order valence-corrected chi connectivity index (χ0v) is 50.3. The lowest BCUT2D eigenvalue weighted by Gasteiger charge is -2.15. The van der Waals surface area contributed by atoms with Gasteiger partial charge in [-0.15, -0.1) is 0 Å². The zero-order valence-electron chi connectivity index (χ0n) is 50.3. The highest BCUT2D eigenvalue weighted by Crippen LogP contribution is 2.17. The van der Waals surface area contributed by atoms with Gasteiger partial charge in [0, 0.05) is 12.8 Å². The van der Waals surface area contributed by atoms with Crippen molar-refractivity contribution in [2.45, 2.75) is 328 Å². The quantitative estimate of drug-likeness (QED) is 0.0373. The van der Waals surface area contributed by atoms with Crippen LogP contribution in [0, 0.1) is 0 Å². The molecule has 438 valence electrons. The van der Waals surface area contributed by atoms with E-state index >= 15 is 0 Å². The molecule has 0 amide bonds. The molecule has 76 heavy (non-hydrogen) atoms. The largest absolute Gasteiger partial charge is 0.462 e. The Morgan fingerprint density at radius 1 is 0.316 bits per heavy atom. The number of hydrogen-bond acceptors (Lipinski definition) is 5. The van der Waals surface area contributed by atoms with Gasteiger partial charge in [0.1, 0.15) is 6.61 Å². The van der Waals surface area contributed by atoms with Crippen molar-refractivity contribution in [2.24, 2.45) is 0 Å². The summed E-state index contributed by atoms with van der Waals surface area (Å²) in [6, 6.07) is 0. The Balaban J connectivity index is 3.45. The van der Waals surface area contributed by atoms with Crippen LogP contribution in [-0.2, 0) is 19.1 Å². The van der Waals surface area contributed by atoms with Crippen molar-refractivity contribution in [1.29, 1.82) is 0 Å². The van der Waals surface area contributed by atoms with Gasteiger partial charge in [-0.1, -0.05) is 310 Å². The van der Waals surface area contributed by atoms with Crippen molar-refractivity contribution >= 4 is 11.9 Å². The first-order valence-corrected chi connectivity index (χ1v) is 32.8. The molecule has 0 saturated carbocycles. The van der Waals surface area contributed by atoms with E-state index in [0.29, 0.717) is 12.8 Å². The number of carbonyl (C=O) groups is 2. The number of carbonyl (C=O) groups excluding carboxylic acids is 2. The first-order chi connectivity index (χ1) is 37.6. The lowest BCUT2D eigenvalue weighted by Crippen LogP contribution is -2.28. The molecular weight excluding hydrogens is 933 g/mol. The number of esters is 2. The summed E-state index contributed by atoms with van der Waals surface area (Å²) in [6.45, 7) is 4.05. The molecule has 0 rings (SSSR count). The van der Waals surface area contributed by atoms with Gasteiger partial charge in [-0.25, -0.2) is 0 Å². The maximum absolute atomic E-state index is 12.4. The second-order valence-corrected chi connectivity index (χ2v) is 21.8. The molecule has 1 N–H and O–H groups in total. The Labute approximate surface area is 472 Å². The molecule has 0 aliphatic heterocycles. The highest BCUT2D eigenvalue weighted by atomic mass is 16.6. The van der Waals surface area contributed by atoms with E-state index in [1.54, 1.807) is 0 Å². The normalized spacial score (nSPS) is 12.8. The summed E-state index contributed by atoms with van der Waals surface area (Å²) < 4.78 is 10.7. The predicted molar refractivity (Wildman–Crippen MR) is 334 cm³/mol. The summed E-state index contributed by atoms with van der Waals surface area (Å²) in [5.74, 6) is -0.580. The van der Waals surface area contributed by atoms with Crippen LogP contribution in [0.5, 0.6) is 0 Å². The Hall–Kier alpha value is -3.18. The van der Waals surface area contributed by atoms with Crippen molar-refractivity contribution < 1.29 is 24.2 Å². The first kappa shape index (κ1) is 72.8. The summed E-state index contributed by atoms with van der Waals surface area (Å²) in [5, 5.41) is 9.69. The van der Waals surface area contributed by atoms with E-state index in [0.717, 1.165) is 83.5 Å². The Bertz CT molecular complexity index is 1430. The average Bonchev–Trinajstić information content (AvgIpc) is 3.42. The second-order valence-electron chi connectivity index (χ2n) is 21.8. The second kappa shape index (κ2) is 66.1. The number of allylic oxidation sites excluding steroid dienone is 16. The maximum Gasteiger partial charge on any atom is 0.306 e. The van der Waals surface area contributed by atoms with E-state index in [1.807, 2.05) is 0 Å². The van der Waals surface area contributed by atoms with Gasteiger partial charge in [-0.2, -0.15) is 0 Å². The van der Waals surface area contributed by atoms with Gasteiger partial charge in [-0.3, -0.25) is 9.59 Å². The summed E-state index contributed by atoms with van der Waals surface area (Å²) in [5.41, 5.74) is 0. The van der Waals surface area contributed by atoms with Crippen LogP contribution in [0.4, 0.5) is 0 Å². The van der Waals surface area contributed by atoms with Crippen LogP contribution in [0.2, 0.25) is 0 Å². The number of aliphatic hydroxyl groups is 1. The SMILES string of the molecule is CC/C=C\C/C=C\C/C=C\C/C=C\C/C=C\C/C=C\CCCCCCCCCCCCCCCCCCCCC(=O)OC(CO)COC(=O)CCCCCCCCCCCCCCC/C=C\C/C=C\CCCCCCC. The van der Waals surface area contributed by atoms with Crippen LogP contribution in [0.25, 0.3) is 0 Å². The van der Waals surface area contributed by atoms with Crippen LogP contribution in [0.3, 0.4) is 0 Å². The zero-order chi connectivity index (χ0) is 54.8. The van der Waals surface area contributed by atoms with Crippen LogP contribution in [0.1, 0.15) is 322 Å². The van der Waals surface area contributed by atoms with E-state index in [9.17, 15) is 14.7 Å². The molecule has 0 aromatic carbocycles. The van der Waals surface area contributed by atoms with Crippen molar-refractivity contribution in [3.8, 4) is 0 Å². The number of rotatable bonds is 60. The molecule has 5 nitrogen and oxygen atoms in total. The van der Waals surface area contributed by atoms with Crippen molar-refractivity contribution in [3.63, 3.8) is 0 Å². The molecule has 0 aromatic rings. The molecule has 0 bridgehead atoms. The molecule has 0 saturated heterocycles. The van der Waals surface area contributed by atoms with Gasteiger partial charge >= 0.3 is 11.9 Å². The fourth-order valence-corrected chi connectivity index (χ4v) is 9.47. The van der Waals surface area contributed by atoms with E-state index in [-0.39, 0.29) is 25.2 Å². The van der Waals surface area contributed by atoms with Gasteiger partial charge in [-0.05, 0) is 96.3 Å². The molecule has 0 fully saturated rings. The van der Waals surface area contributed by atoms with Crippen molar-refractivity contribution in [2.75, 3.05) is 13.2 Å². The maximum atomic E-state index is 12.4. The number of unbranched alkanes of at least 4 members (excludes halogenated alkanes) is 36. The molecule has 1 unspecified atom stereocenters. The van der Waals surface area contributed by atoms with Gasteiger partial charge in [0.2, 0.25) is 0 Å². The Morgan fingerprint density at radius 3 is 0.855 bits per heavy atom. The van der Waals surface area contributed by atoms with Crippen LogP contribution in [-0.4, -0.2) is 36.4 Å². The molecular formula is C71H124O5. The highest BCUT2D eigenvalue weighted by molar-refractivity contribution is 5.70. The minimum absolute atomic E-state index is 0.0659. The minimum atomic E-state index is -0.776. The number of ether oxygens (including phenoxy) is 2. The Morgan fingerprint density at radius 2 is 0.566 bits per heavy atom. The lowest BCUT2D eigenvalue weighted by molar-refractivity contribution is -0.161. The number of hydrogen-bond donors (Lipinski definition) is 1. The summed E-state index contributed by atoms with van der Waals surface area (Å²) >= 11 is 0. The average molecular weight is 1060 g/mol. The number of aliphatic hydroxyl groups excluding tert-OH is 1. The Kier molecular flexibility index (Phi) is 63.3. The molecule has 0 aliphatic carbocycles. The molecule has 0 heterocycles. The molecule has 0 radical (unpaired) electrons. The molecule has 0 aromatic heterocycles. The predicted octanol–water partition coefficient (Wildman–Crippen LogP) is 22.6. The molecule has 0 spiro atoms. The molecule has 0 aliphatic rings. The van der Waals surface area contributed by atoms with Gasteiger partial charge in [0.25, 0.3) is 0 Å². The third-order valence-corrected chi connectivity index (χ3v) is 14.4. The fraction of sp³-hybridized carbons (Fsp3) is 0.746. The van der Waals surface area contributed by atoms with Crippen molar-refractivity contribution in [1.82, 2.24) is 0 Å². The van der Waals surface area contributed by atoms with Gasteiger partial charge in [0.05, 0.1) is 6.61 Å². The first-order valence-electron chi connectivity index (χ1n) is 32.8. The fourth-order valence-electron chi connectivity index (χ4n) is 9.47. The topological polar surface area (TPSA) is 72.8 Å². The minimum Gasteiger partial charge on any atom is -0.462 e. The third-order valence-electron chi connectivity index (χ3n) is 14.4. The van der Waals surface area contributed by atoms with Gasteiger partial charge < -0.3 is 14.6 Å². The van der Waals surface area contributed by atoms with Crippen LogP contribution in [0.15, 0.2) is 97.2 Å². The summed E-state index contributed by atoms with van der Waals surface area (Å²) in [6.07, 6.45) is 94.2.